The van der Waals surface area contributed by atoms with Gasteiger partial charge in [-0.25, -0.2) is 4.98 Å². The number of morpholine rings is 1. The van der Waals surface area contributed by atoms with Crippen LogP contribution in [0.1, 0.15) is 17.7 Å². The Labute approximate surface area is 138 Å². The lowest BCUT2D eigenvalue weighted by molar-refractivity contribution is -0.141. The van der Waals surface area contributed by atoms with Crippen LogP contribution in [0.15, 0.2) is 35.2 Å². The second-order valence-corrected chi connectivity index (χ2v) is 5.70. The van der Waals surface area contributed by atoms with Crippen molar-refractivity contribution >= 4 is 16.9 Å². The van der Waals surface area contributed by atoms with E-state index in [4.69, 9.17) is 9.26 Å². The summed E-state index contributed by atoms with van der Waals surface area (Å²) in [6.07, 6.45) is 1.26. The van der Waals surface area contributed by atoms with Crippen molar-refractivity contribution in [3.05, 3.63) is 42.3 Å². The zero-order chi connectivity index (χ0) is 16.5. The van der Waals surface area contributed by atoms with E-state index in [-0.39, 0.29) is 18.5 Å². The average molecular weight is 327 g/mol. The van der Waals surface area contributed by atoms with E-state index in [9.17, 15) is 4.79 Å². The molecular formula is C16H17N5O3. The Kier molecular flexibility index (Phi) is 3.73. The summed E-state index contributed by atoms with van der Waals surface area (Å²) in [5, 5.41) is 3.86. The lowest BCUT2D eigenvalue weighted by Gasteiger charge is -2.33. The molecule has 1 aliphatic heterocycles. The summed E-state index contributed by atoms with van der Waals surface area (Å²) in [4.78, 5) is 23.2. The molecule has 124 valence electrons. The maximum Gasteiger partial charge on any atom is 0.243 e. The van der Waals surface area contributed by atoms with Gasteiger partial charge >= 0.3 is 0 Å². The fraction of sp³-hybridized carbons (Fsp3) is 0.375. The van der Waals surface area contributed by atoms with E-state index in [1.165, 1.54) is 6.39 Å². The van der Waals surface area contributed by atoms with Gasteiger partial charge in [-0.15, -0.1) is 0 Å². The molecule has 1 fully saturated rings. The molecule has 1 amide bonds. The van der Waals surface area contributed by atoms with Gasteiger partial charge in [-0.3, -0.25) is 4.79 Å². The predicted octanol–water partition coefficient (Wildman–Crippen LogP) is 1.33. The number of carbonyl (C=O) groups is 1. The molecule has 1 unspecified atom stereocenters. The molecule has 4 rings (SSSR count). The Balaban J connectivity index is 1.61. The van der Waals surface area contributed by atoms with Gasteiger partial charge in [-0.2, -0.15) is 4.98 Å². The number of amides is 1. The number of aryl methyl sites for hydroxylation is 1. The molecule has 1 atom stereocenters. The van der Waals surface area contributed by atoms with Gasteiger partial charge in [-0.05, 0) is 19.1 Å². The Bertz CT molecular complexity index is 858. The molecule has 0 radical (unpaired) electrons. The SMILES string of the molecule is Cc1nc2ccccc2n1CC(=O)N1CCOCC1c1ncon1. The van der Waals surface area contributed by atoms with Crippen LogP contribution in [0.2, 0.25) is 0 Å². The number of rotatable bonds is 3. The van der Waals surface area contributed by atoms with Crippen molar-refractivity contribution in [3.63, 3.8) is 0 Å². The molecule has 8 nitrogen and oxygen atoms in total. The van der Waals surface area contributed by atoms with Crippen molar-refractivity contribution in [2.24, 2.45) is 0 Å². The van der Waals surface area contributed by atoms with E-state index < -0.39 is 0 Å². The summed E-state index contributed by atoms with van der Waals surface area (Å²) < 4.78 is 12.2. The zero-order valence-corrected chi connectivity index (χ0v) is 13.3. The van der Waals surface area contributed by atoms with Crippen molar-refractivity contribution in [1.29, 1.82) is 0 Å². The van der Waals surface area contributed by atoms with Crippen LogP contribution in [0, 0.1) is 6.92 Å². The van der Waals surface area contributed by atoms with Crippen LogP contribution in [0.3, 0.4) is 0 Å². The minimum Gasteiger partial charge on any atom is -0.377 e. The highest BCUT2D eigenvalue weighted by molar-refractivity contribution is 5.81. The first-order valence-electron chi connectivity index (χ1n) is 7.79. The van der Waals surface area contributed by atoms with Gasteiger partial charge in [0.25, 0.3) is 0 Å². The van der Waals surface area contributed by atoms with Crippen LogP contribution in [0.4, 0.5) is 0 Å². The third-order valence-electron chi connectivity index (χ3n) is 4.26. The van der Waals surface area contributed by atoms with E-state index in [1.54, 1.807) is 4.90 Å². The number of ether oxygens (including phenoxy) is 1. The van der Waals surface area contributed by atoms with Crippen molar-refractivity contribution in [1.82, 2.24) is 24.6 Å². The Morgan fingerprint density at radius 2 is 2.25 bits per heavy atom. The first-order valence-corrected chi connectivity index (χ1v) is 7.79. The van der Waals surface area contributed by atoms with E-state index in [0.717, 1.165) is 16.9 Å². The highest BCUT2D eigenvalue weighted by Crippen LogP contribution is 2.23. The zero-order valence-electron chi connectivity index (χ0n) is 13.3. The molecule has 1 saturated heterocycles. The first kappa shape index (κ1) is 14.8. The van der Waals surface area contributed by atoms with E-state index in [2.05, 4.69) is 15.1 Å². The summed E-state index contributed by atoms with van der Waals surface area (Å²) in [5.74, 6) is 1.27. The van der Waals surface area contributed by atoms with E-state index in [1.807, 2.05) is 35.8 Å². The number of benzene rings is 1. The maximum absolute atomic E-state index is 12.9. The lowest BCUT2D eigenvalue weighted by atomic mass is 10.2. The number of fused-ring (bicyclic) bond motifs is 1. The van der Waals surface area contributed by atoms with Gasteiger partial charge in [0.2, 0.25) is 12.3 Å². The number of aromatic nitrogens is 4. The van der Waals surface area contributed by atoms with Gasteiger partial charge in [0.15, 0.2) is 5.82 Å². The molecule has 0 saturated carbocycles. The third-order valence-corrected chi connectivity index (χ3v) is 4.26. The quantitative estimate of drug-likeness (QED) is 0.721. The number of imidazole rings is 1. The Hall–Kier alpha value is -2.74. The van der Waals surface area contributed by atoms with Crippen molar-refractivity contribution in [3.8, 4) is 0 Å². The summed E-state index contributed by atoms with van der Waals surface area (Å²) >= 11 is 0. The van der Waals surface area contributed by atoms with Crippen LogP contribution < -0.4 is 0 Å². The highest BCUT2D eigenvalue weighted by atomic mass is 16.5. The van der Waals surface area contributed by atoms with Crippen LogP contribution in [0.25, 0.3) is 11.0 Å². The Morgan fingerprint density at radius 1 is 1.38 bits per heavy atom. The third kappa shape index (κ3) is 2.54. The minimum atomic E-state index is -0.319. The minimum absolute atomic E-state index is 0.0145. The molecule has 3 heterocycles. The molecule has 3 aromatic rings. The normalized spacial score (nSPS) is 18.2. The molecule has 0 aliphatic carbocycles. The molecule has 8 heteroatoms. The number of nitrogens with zero attached hydrogens (tertiary/aromatic N) is 5. The van der Waals surface area contributed by atoms with Crippen LogP contribution in [0.5, 0.6) is 0 Å². The van der Waals surface area contributed by atoms with Crippen LogP contribution in [-0.2, 0) is 16.1 Å². The second kappa shape index (κ2) is 6.04. The predicted molar refractivity (Wildman–Crippen MR) is 84.0 cm³/mol. The molecule has 1 aromatic carbocycles. The maximum atomic E-state index is 12.9. The van der Waals surface area contributed by atoms with Crippen molar-refractivity contribution in [2.45, 2.75) is 19.5 Å². The number of para-hydroxylation sites is 2. The van der Waals surface area contributed by atoms with Crippen LogP contribution >= 0.6 is 0 Å². The average Bonchev–Trinajstić information content (AvgIpc) is 3.24. The Morgan fingerprint density at radius 3 is 3.08 bits per heavy atom. The van der Waals surface area contributed by atoms with Crippen molar-refractivity contribution in [2.75, 3.05) is 19.8 Å². The lowest BCUT2D eigenvalue weighted by Crippen LogP contribution is -2.45. The van der Waals surface area contributed by atoms with Gasteiger partial charge < -0.3 is 18.7 Å². The van der Waals surface area contributed by atoms with Gasteiger partial charge in [0.1, 0.15) is 18.4 Å². The number of hydrogen-bond donors (Lipinski definition) is 0. The summed E-state index contributed by atoms with van der Waals surface area (Å²) in [6.45, 7) is 3.51. The molecular weight excluding hydrogens is 310 g/mol. The molecule has 0 N–H and O–H groups in total. The van der Waals surface area contributed by atoms with Gasteiger partial charge in [-0.1, -0.05) is 17.3 Å². The molecule has 2 aromatic heterocycles. The second-order valence-electron chi connectivity index (χ2n) is 5.70. The summed E-state index contributed by atoms with van der Waals surface area (Å²) in [7, 11) is 0. The standard InChI is InChI=1S/C16H17N5O3/c1-11-18-12-4-2-3-5-13(12)21(11)8-15(22)20-6-7-23-9-14(20)16-17-10-24-19-16/h2-5,10,14H,6-9H2,1H3. The first-order chi connectivity index (χ1) is 11.7. The highest BCUT2D eigenvalue weighted by Gasteiger charge is 2.31. The summed E-state index contributed by atoms with van der Waals surface area (Å²) in [5.41, 5.74) is 1.84. The smallest absolute Gasteiger partial charge is 0.243 e. The topological polar surface area (TPSA) is 86.3 Å². The van der Waals surface area contributed by atoms with E-state index >= 15 is 0 Å². The van der Waals surface area contributed by atoms with Gasteiger partial charge in [0.05, 0.1) is 24.2 Å². The molecule has 1 aliphatic rings. The van der Waals surface area contributed by atoms with E-state index in [0.29, 0.717) is 25.6 Å². The number of hydrogen-bond acceptors (Lipinski definition) is 6. The molecule has 24 heavy (non-hydrogen) atoms. The fourth-order valence-corrected chi connectivity index (χ4v) is 3.06. The largest absolute Gasteiger partial charge is 0.377 e. The van der Waals surface area contributed by atoms with Crippen LogP contribution in [-0.4, -0.2) is 50.3 Å². The molecule has 0 bridgehead atoms. The summed E-state index contributed by atoms with van der Waals surface area (Å²) in [6, 6.07) is 7.48. The number of carbonyl (C=O) groups excluding carboxylic acids is 1. The molecule has 0 spiro atoms. The monoisotopic (exact) mass is 327 g/mol. The fourth-order valence-electron chi connectivity index (χ4n) is 3.06. The van der Waals surface area contributed by atoms with Gasteiger partial charge in [0, 0.05) is 6.54 Å². The van der Waals surface area contributed by atoms with Crippen molar-refractivity contribution < 1.29 is 14.1 Å².